The van der Waals surface area contributed by atoms with E-state index in [4.69, 9.17) is 0 Å². The molecule has 0 saturated carbocycles. The second-order valence-electron chi connectivity index (χ2n) is 14.9. The number of hydrogen-bond acceptors (Lipinski definition) is 1. The Kier molecular flexibility index (Phi) is 7.89. The van der Waals surface area contributed by atoms with Crippen LogP contribution >= 0.6 is 0 Å². The van der Waals surface area contributed by atoms with Crippen LogP contribution in [-0.2, 0) is 0 Å². The van der Waals surface area contributed by atoms with Crippen LogP contribution in [0, 0.1) is 0 Å². The molecule has 0 aliphatic rings. The van der Waals surface area contributed by atoms with Gasteiger partial charge in [-0.2, -0.15) is 0 Å². The minimum atomic E-state index is 1.11. The lowest BCUT2D eigenvalue weighted by Gasteiger charge is -2.28. The van der Waals surface area contributed by atoms with E-state index in [1.165, 1.54) is 87.2 Å². The van der Waals surface area contributed by atoms with Gasteiger partial charge >= 0.3 is 0 Å². The van der Waals surface area contributed by atoms with Gasteiger partial charge in [0.15, 0.2) is 0 Å². The summed E-state index contributed by atoms with van der Waals surface area (Å²) in [4.78, 5) is 2.41. The van der Waals surface area contributed by atoms with Gasteiger partial charge in [-0.1, -0.05) is 188 Å². The van der Waals surface area contributed by atoms with Crippen molar-refractivity contribution < 1.29 is 0 Å². The predicted molar refractivity (Wildman–Crippen MR) is 245 cm³/mol. The SMILES string of the molecule is c1ccc(-c2ccc(N(c3ccc(-c4cccc(-c5cccc6c7ccccc7c7ccccc7c56)c4)cc3)c3cc4ccccc4c4ccccc34)cc2)cc1. The van der Waals surface area contributed by atoms with Crippen LogP contribution in [0.25, 0.3) is 87.2 Å². The number of benzene rings is 11. The monoisotopic (exact) mass is 723 g/mol. The Bertz CT molecular complexity index is 3230. The van der Waals surface area contributed by atoms with Crippen molar-refractivity contribution in [2.24, 2.45) is 0 Å². The highest BCUT2D eigenvalue weighted by atomic mass is 15.1. The molecule has 11 aromatic rings. The molecule has 0 amide bonds. The van der Waals surface area contributed by atoms with Crippen molar-refractivity contribution in [2.45, 2.75) is 0 Å². The highest BCUT2D eigenvalue weighted by Gasteiger charge is 2.18. The van der Waals surface area contributed by atoms with Gasteiger partial charge in [0.05, 0.1) is 5.69 Å². The molecule has 0 saturated heterocycles. The molecule has 0 unspecified atom stereocenters. The molecule has 57 heavy (non-hydrogen) atoms. The quantitative estimate of drug-likeness (QED) is 0.154. The van der Waals surface area contributed by atoms with Gasteiger partial charge in [0, 0.05) is 16.8 Å². The van der Waals surface area contributed by atoms with Crippen LogP contribution in [0.5, 0.6) is 0 Å². The fourth-order valence-electron chi connectivity index (χ4n) is 8.95. The molecule has 0 aliphatic heterocycles. The fourth-order valence-corrected chi connectivity index (χ4v) is 8.95. The molecule has 0 spiro atoms. The van der Waals surface area contributed by atoms with Crippen LogP contribution in [0.4, 0.5) is 17.1 Å². The molecular weight excluding hydrogens is 687 g/mol. The number of rotatable bonds is 6. The summed E-state index contributed by atoms with van der Waals surface area (Å²) in [5, 5.41) is 12.7. The topological polar surface area (TPSA) is 3.24 Å². The van der Waals surface area contributed by atoms with Gasteiger partial charge in [-0.3, -0.25) is 0 Å². The van der Waals surface area contributed by atoms with E-state index in [9.17, 15) is 0 Å². The summed E-state index contributed by atoms with van der Waals surface area (Å²) >= 11 is 0. The minimum Gasteiger partial charge on any atom is -0.310 e. The molecule has 266 valence electrons. The van der Waals surface area contributed by atoms with E-state index >= 15 is 0 Å². The summed E-state index contributed by atoms with van der Waals surface area (Å²) in [6, 6.07) is 81.9. The van der Waals surface area contributed by atoms with Gasteiger partial charge in [0.25, 0.3) is 0 Å². The maximum atomic E-state index is 2.41. The summed E-state index contributed by atoms with van der Waals surface area (Å²) in [5.74, 6) is 0. The van der Waals surface area contributed by atoms with Crippen LogP contribution < -0.4 is 4.90 Å². The molecule has 0 bridgehead atoms. The van der Waals surface area contributed by atoms with Crippen molar-refractivity contribution in [1.29, 1.82) is 0 Å². The largest absolute Gasteiger partial charge is 0.310 e. The zero-order chi connectivity index (χ0) is 37.7. The first kappa shape index (κ1) is 32.9. The average molecular weight is 724 g/mol. The maximum absolute atomic E-state index is 2.41. The molecule has 0 N–H and O–H groups in total. The highest BCUT2D eigenvalue weighted by Crippen LogP contribution is 2.44. The van der Waals surface area contributed by atoms with Crippen molar-refractivity contribution in [1.82, 2.24) is 0 Å². The van der Waals surface area contributed by atoms with Crippen LogP contribution in [0.1, 0.15) is 0 Å². The fraction of sp³-hybridized carbons (Fsp3) is 0. The third kappa shape index (κ3) is 5.63. The Morgan fingerprint density at radius 2 is 0.667 bits per heavy atom. The second kappa shape index (κ2) is 13.7. The van der Waals surface area contributed by atoms with Gasteiger partial charge in [0.2, 0.25) is 0 Å². The molecule has 11 aromatic carbocycles. The third-order valence-electron chi connectivity index (χ3n) is 11.6. The molecule has 0 atom stereocenters. The van der Waals surface area contributed by atoms with Gasteiger partial charge in [0.1, 0.15) is 0 Å². The Morgan fingerprint density at radius 1 is 0.246 bits per heavy atom. The molecule has 1 heteroatoms. The lowest BCUT2D eigenvalue weighted by atomic mass is 9.89. The van der Waals surface area contributed by atoms with Crippen molar-refractivity contribution >= 4 is 70.9 Å². The van der Waals surface area contributed by atoms with Gasteiger partial charge in [-0.05, 0) is 118 Å². The van der Waals surface area contributed by atoms with E-state index in [-0.39, 0.29) is 0 Å². The Labute approximate surface area is 332 Å². The first-order valence-corrected chi connectivity index (χ1v) is 19.7. The predicted octanol–water partition coefficient (Wildman–Crippen LogP) is 15.9. The smallest absolute Gasteiger partial charge is 0.0546 e. The maximum Gasteiger partial charge on any atom is 0.0546 e. The van der Waals surface area contributed by atoms with E-state index in [0.29, 0.717) is 0 Å². The van der Waals surface area contributed by atoms with Gasteiger partial charge in [-0.25, -0.2) is 0 Å². The molecule has 0 heterocycles. The van der Waals surface area contributed by atoms with Crippen LogP contribution in [-0.4, -0.2) is 0 Å². The van der Waals surface area contributed by atoms with Crippen LogP contribution in [0.3, 0.4) is 0 Å². The van der Waals surface area contributed by atoms with E-state index in [1.54, 1.807) is 0 Å². The van der Waals surface area contributed by atoms with Gasteiger partial charge in [-0.15, -0.1) is 0 Å². The summed E-state index contributed by atoms with van der Waals surface area (Å²) in [7, 11) is 0. The van der Waals surface area contributed by atoms with Crippen molar-refractivity contribution in [3.05, 3.63) is 224 Å². The molecule has 0 fully saturated rings. The third-order valence-corrected chi connectivity index (χ3v) is 11.6. The zero-order valence-electron chi connectivity index (χ0n) is 31.3. The van der Waals surface area contributed by atoms with Crippen LogP contribution in [0.2, 0.25) is 0 Å². The van der Waals surface area contributed by atoms with Crippen molar-refractivity contribution in [2.75, 3.05) is 4.90 Å². The Balaban J connectivity index is 1.04. The molecule has 1 nitrogen and oxygen atoms in total. The summed E-state index contributed by atoms with van der Waals surface area (Å²) < 4.78 is 0. The lowest BCUT2D eigenvalue weighted by molar-refractivity contribution is 1.30. The standard InChI is InChI=1S/C56H37N/c1-2-14-38(15-3-1)39-28-32-44(33-29-39)57(55-37-43-16-4-5-19-46(43)48-20-8-10-24-52(48)55)45-34-30-40(31-35-45)41-17-12-18-42(36-41)47-26-13-27-54-51-22-7-6-21-49(51)50-23-9-11-25-53(50)56(47)54/h1-37H. The Hall–Kier alpha value is -7.48. The summed E-state index contributed by atoms with van der Waals surface area (Å²) in [6.45, 7) is 0. The average Bonchev–Trinajstić information content (AvgIpc) is 3.30. The molecular formula is C56H37N. The van der Waals surface area contributed by atoms with Gasteiger partial charge < -0.3 is 4.90 Å². The summed E-state index contributed by atoms with van der Waals surface area (Å²) in [5.41, 5.74) is 10.6. The molecule has 0 radical (unpaired) electrons. The number of anilines is 3. The van der Waals surface area contributed by atoms with Crippen molar-refractivity contribution in [3.63, 3.8) is 0 Å². The lowest BCUT2D eigenvalue weighted by Crippen LogP contribution is -2.10. The summed E-state index contributed by atoms with van der Waals surface area (Å²) in [6.07, 6.45) is 0. The minimum absolute atomic E-state index is 1.11. The highest BCUT2D eigenvalue weighted by molar-refractivity contribution is 6.28. The normalized spacial score (nSPS) is 11.5. The first-order chi connectivity index (χ1) is 28.3. The second-order valence-corrected chi connectivity index (χ2v) is 14.9. The molecule has 11 rings (SSSR count). The number of fused-ring (bicyclic) bond motifs is 9. The van der Waals surface area contributed by atoms with E-state index < -0.39 is 0 Å². The number of hydrogen-bond donors (Lipinski definition) is 0. The van der Waals surface area contributed by atoms with E-state index in [2.05, 4.69) is 229 Å². The van der Waals surface area contributed by atoms with Crippen molar-refractivity contribution in [3.8, 4) is 33.4 Å². The Morgan fingerprint density at radius 3 is 1.32 bits per heavy atom. The first-order valence-electron chi connectivity index (χ1n) is 19.7. The molecule has 0 aliphatic carbocycles. The van der Waals surface area contributed by atoms with E-state index in [0.717, 1.165) is 17.1 Å². The molecule has 0 aromatic heterocycles. The zero-order valence-corrected chi connectivity index (χ0v) is 31.3. The van der Waals surface area contributed by atoms with Crippen LogP contribution in [0.15, 0.2) is 224 Å². The van der Waals surface area contributed by atoms with E-state index in [1.807, 2.05) is 0 Å². The number of nitrogens with zero attached hydrogens (tertiary/aromatic N) is 1.